The molecule has 0 amide bonds. The van der Waals surface area contributed by atoms with E-state index in [1.807, 2.05) is 0 Å². The van der Waals surface area contributed by atoms with E-state index >= 15 is 0 Å². The maximum Gasteiger partial charge on any atom is 0.336 e. The van der Waals surface area contributed by atoms with Gasteiger partial charge in [-0.15, -0.1) is 0 Å². The zero-order chi connectivity index (χ0) is 14.9. The summed E-state index contributed by atoms with van der Waals surface area (Å²) in [7, 11) is 0. The van der Waals surface area contributed by atoms with E-state index in [1.54, 1.807) is 12.1 Å². The summed E-state index contributed by atoms with van der Waals surface area (Å²) < 4.78 is 0. The fourth-order valence-corrected chi connectivity index (χ4v) is 2.12. The molecule has 20 heavy (non-hydrogen) atoms. The molecule has 2 aromatic rings. The molecule has 0 bridgehead atoms. The van der Waals surface area contributed by atoms with E-state index in [2.05, 4.69) is 0 Å². The monoisotopic (exact) mass is 328 g/mol. The number of aromatic carboxylic acids is 1. The summed E-state index contributed by atoms with van der Waals surface area (Å²) in [5.41, 5.74) is 0.101. The number of hydrogen-bond acceptors (Lipinski definition) is 2. The fraction of sp³-hybridized carbons (Fsp3) is 0. The normalized spacial score (nSPS) is 10.3. The Balaban J connectivity index is 2.56. The molecule has 2 rings (SSSR count). The predicted molar refractivity (Wildman–Crippen MR) is 78.3 cm³/mol. The van der Waals surface area contributed by atoms with Gasteiger partial charge in [0.2, 0.25) is 0 Å². The van der Waals surface area contributed by atoms with E-state index in [4.69, 9.17) is 39.9 Å². The Bertz CT molecular complexity index is 694. The van der Waals surface area contributed by atoms with Crippen LogP contribution in [0.1, 0.15) is 26.3 Å². The summed E-state index contributed by atoms with van der Waals surface area (Å²) in [5.74, 6) is -1.71. The van der Waals surface area contributed by atoms with E-state index in [9.17, 15) is 9.59 Å². The van der Waals surface area contributed by atoms with Gasteiger partial charge in [0, 0.05) is 16.1 Å². The molecular weight excluding hydrogens is 323 g/mol. The Morgan fingerprint density at radius 2 is 1.35 bits per heavy atom. The molecule has 0 atom stereocenters. The molecule has 0 aliphatic heterocycles. The second kappa shape index (κ2) is 5.83. The number of hydrogen-bond donors (Lipinski definition) is 1. The van der Waals surface area contributed by atoms with Gasteiger partial charge in [-0.3, -0.25) is 4.79 Å². The molecule has 102 valence electrons. The van der Waals surface area contributed by atoms with Gasteiger partial charge in [-0.25, -0.2) is 4.79 Å². The first-order chi connectivity index (χ1) is 9.40. The highest BCUT2D eigenvalue weighted by molar-refractivity contribution is 6.42. The number of carboxylic acids is 1. The maximum atomic E-state index is 12.3. The van der Waals surface area contributed by atoms with E-state index < -0.39 is 11.8 Å². The zero-order valence-corrected chi connectivity index (χ0v) is 12.1. The minimum Gasteiger partial charge on any atom is -0.478 e. The number of rotatable bonds is 3. The molecule has 0 saturated carbocycles. The van der Waals surface area contributed by atoms with Crippen LogP contribution in [-0.2, 0) is 0 Å². The smallest absolute Gasteiger partial charge is 0.336 e. The largest absolute Gasteiger partial charge is 0.478 e. The lowest BCUT2D eigenvalue weighted by Gasteiger charge is -2.07. The van der Waals surface area contributed by atoms with Crippen LogP contribution >= 0.6 is 34.8 Å². The van der Waals surface area contributed by atoms with Crippen molar-refractivity contribution in [1.29, 1.82) is 0 Å². The van der Waals surface area contributed by atoms with Gasteiger partial charge >= 0.3 is 5.97 Å². The van der Waals surface area contributed by atoms with Crippen molar-refractivity contribution >= 4 is 46.6 Å². The first-order valence-corrected chi connectivity index (χ1v) is 6.56. The molecule has 1 N–H and O–H groups in total. The Labute approximate surface area is 129 Å². The first-order valence-electron chi connectivity index (χ1n) is 5.42. The first kappa shape index (κ1) is 14.9. The van der Waals surface area contributed by atoms with Gasteiger partial charge in [0.25, 0.3) is 0 Å². The van der Waals surface area contributed by atoms with Crippen LogP contribution < -0.4 is 0 Å². The van der Waals surface area contributed by atoms with Crippen LogP contribution in [0, 0.1) is 0 Å². The van der Waals surface area contributed by atoms with Gasteiger partial charge < -0.3 is 5.11 Å². The predicted octanol–water partition coefficient (Wildman–Crippen LogP) is 4.58. The average molecular weight is 330 g/mol. The molecule has 0 radical (unpaired) electrons. The second-order valence-electron chi connectivity index (χ2n) is 3.95. The van der Waals surface area contributed by atoms with E-state index in [-0.39, 0.29) is 21.2 Å². The summed E-state index contributed by atoms with van der Waals surface area (Å²) in [6, 6.07) is 8.54. The Hall–Kier alpha value is -1.55. The molecule has 2 aromatic carbocycles. The number of benzene rings is 2. The number of ketones is 1. The van der Waals surface area contributed by atoms with E-state index in [1.165, 1.54) is 18.2 Å². The van der Waals surface area contributed by atoms with Crippen molar-refractivity contribution in [2.75, 3.05) is 0 Å². The van der Waals surface area contributed by atoms with Crippen LogP contribution in [0.25, 0.3) is 0 Å². The highest BCUT2D eigenvalue weighted by Crippen LogP contribution is 2.27. The van der Waals surface area contributed by atoms with Crippen molar-refractivity contribution in [3.05, 3.63) is 68.2 Å². The summed E-state index contributed by atoms with van der Waals surface area (Å²) in [6.45, 7) is 0. The third-order valence-corrected chi connectivity index (χ3v) is 3.62. The Morgan fingerprint density at radius 3 is 1.85 bits per heavy atom. The van der Waals surface area contributed by atoms with Crippen LogP contribution in [-0.4, -0.2) is 16.9 Å². The van der Waals surface area contributed by atoms with Crippen molar-refractivity contribution < 1.29 is 14.7 Å². The molecule has 0 spiro atoms. The molecule has 0 aliphatic rings. The van der Waals surface area contributed by atoms with Crippen molar-refractivity contribution in [3.63, 3.8) is 0 Å². The molecule has 0 aromatic heterocycles. The zero-order valence-electron chi connectivity index (χ0n) is 9.86. The van der Waals surface area contributed by atoms with E-state index in [0.717, 1.165) is 6.07 Å². The van der Waals surface area contributed by atoms with Crippen LogP contribution in [0.2, 0.25) is 15.1 Å². The quantitative estimate of drug-likeness (QED) is 0.839. The highest BCUT2D eigenvalue weighted by atomic mass is 35.5. The molecular formula is C14H7Cl3O3. The number of carbonyl (C=O) groups excluding carboxylic acids is 1. The van der Waals surface area contributed by atoms with Gasteiger partial charge in [0.15, 0.2) is 5.78 Å². The lowest BCUT2D eigenvalue weighted by Crippen LogP contribution is -2.10. The Morgan fingerprint density at radius 1 is 0.850 bits per heavy atom. The highest BCUT2D eigenvalue weighted by Gasteiger charge is 2.20. The third kappa shape index (κ3) is 2.96. The average Bonchev–Trinajstić information content (AvgIpc) is 2.41. The molecule has 0 aliphatic carbocycles. The van der Waals surface area contributed by atoms with E-state index in [0.29, 0.717) is 10.6 Å². The number of halogens is 3. The SMILES string of the molecule is O=C(O)c1cc(Cl)c(Cl)cc1C(=O)c1ccc(Cl)cc1. The van der Waals surface area contributed by atoms with Gasteiger partial charge in [-0.05, 0) is 36.4 Å². The molecule has 0 unspecified atom stereocenters. The molecule has 0 fully saturated rings. The van der Waals surface area contributed by atoms with Gasteiger partial charge in [-0.1, -0.05) is 34.8 Å². The van der Waals surface area contributed by atoms with Crippen molar-refractivity contribution in [2.24, 2.45) is 0 Å². The van der Waals surface area contributed by atoms with Crippen LogP contribution in [0.5, 0.6) is 0 Å². The van der Waals surface area contributed by atoms with Gasteiger partial charge in [-0.2, -0.15) is 0 Å². The minimum atomic E-state index is -1.25. The summed E-state index contributed by atoms with van der Waals surface area (Å²) in [4.78, 5) is 23.5. The van der Waals surface area contributed by atoms with Crippen LogP contribution in [0.15, 0.2) is 36.4 Å². The lowest BCUT2D eigenvalue weighted by atomic mass is 9.98. The number of carboxylic acid groups (broad SMARTS) is 1. The topological polar surface area (TPSA) is 54.4 Å². The molecule has 3 nitrogen and oxygen atoms in total. The summed E-state index contributed by atoms with van der Waals surface area (Å²) in [6.07, 6.45) is 0. The van der Waals surface area contributed by atoms with Crippen molar-refractivity contribution in [2.45, 2.75) is 0 Å². The molecule has 0 heterocycles. The number of carbonyl (C=O) groups is 2. The fourth-order valence-electron chi connectivity index (χ4n) is 1.67. The second-order valence-corrected chi connectivity index (χ2v) is 5.20. The lowest BCUT2D eigenvalue weighted by molar-refractivity contribution is 0.0693. The summed E-state index contributed by atoms with van der Waals surface area (Å²) in [5, 5.41) is 9.83. The van der Waals surface area contributed by atoms with Crippen molar-refractivity contribution in [3.8, 4) is 0 Å². The third-order valence-electron chi connectivity index (χ3n) is 2.64. The Kier molecular flexibility index (Phi) is 4.33. The standard InChI is InChI=1S/C14H7Cl3O3/c15-8-3-1-7(2-4-8)13(18)9-5-11(16)12(17)6-10(9)14(19)20/h1-6H,(H,19,20). The van der Waals surface area contributed by atoms with Gasteiger partial charge in [0.05, 0.1) is 15.6 Å². The maximum absolute atomic E-state index is 12.3. The van der Waals surface area contributed by atoms with Crippen LogP contribution in [0.3, 0.4) is 0 Å². The molecule has 6 heteroatoms. The summed E-state index contributed by atoms with van der Waals surface area (Å²) >= 11 is 17.4. The molecule has 0 saturated heterocycles. The minimum absolute atomic E-state index is 0.0192. The van der Waals surface area contributed by atoms with Crippen LogP contribution in [0.4, 0.5) is 0 Å². The van der Waals surface area contributed by atoms with Gasteiger partial charge in [0.1, 0.15) is 0 Å². The van der Waals surface area contributed by atoms with Crippen molar-refractivity contribution in [1.82, 2.24) is 0 Å².